The van der Waals surface area contributed by atoms with Crippen molar-refractivity contribution in [1.29, 1.82) is 0 Å². The molecule has 1 N–H and O–H groups in total. The normalized spacial score (nSPS) is 12.0. The Bertz CT molecular complexity index is 536. The molecule has 2 rings (SSSR count). The van der Waals surface area contributed by atoms with E-state index in [1.165, 1.54) is 0 Å². The molecule has 0 bridgehead atoms. The Labute approximate surface area is 113 Å². The van der Waals surface area contributed by atoms with Gasteiger partial charge in [-0.3, -0.25) is 9.97 Å². The van der Waals surface area contributed by atoms with Gasteiger partial charge in [-0.2, -0.15) is 0 Å². The number of anilines is 2. The lowest BCUT2D eigenvalue weighted by atomic mass is 10.2. The van der Waals surface area contributed by atoms with Crippen molar-refractivity contribution in [2.24, 2.45) is 0 Å². The molecule has 0 amide bonds. The fourth-order valence-corrected chi connectivity index (χ4v) is 1.90. The van der Waals surface area contributed by atoms with Crippen molar-refractivity contribution in [1.82, 2.24) is 15.0 Å². The number of aromatic nitrogens is 3. The molecule has 0 saturated heterocycles. The monoisotopic (exact) mass is 257 g/mol. The summed E-state index contributed by atoms with van der Waals surface area (Å²) in [5.74, 6) is 0.939. The molecule has 0 aromatic carbocycles. The standard InChI is InChI=1S/C14H19N5/c1-10-14(16-8-7-15-10)11(2)18-12-5-6-13(17-9-12)19(3)4/h5-9,11,18H,1-4H3. The maximum absolute atomic E-state index is 4.37. The number of hydrogen-bond donors (Lipinski definition) is 1. The van der Waals surface area contributed by atoms with Crippen LogP contribution in [0.2, 0.25) is 0 Å². The van der Waals surface area contributed by atoms with Crippen LogP contribution in [0.15, 0.2) is 30.7 Å². The van der Waals surface area contributed by atoms with Crippen LogP contribution < -0.4 is 10.2 Å². The van der Waals surface area contributed by atoms with Crippen LogP contribution >= 0.6 is 0 Å². The Kier molecular flexibility index (Phi) is 3.94. The topological polar surface area (TPSA) is 53.9 Å². The summed E-state index contributed by atoms with van der Waals surface area (Å²) in [5.41, 5.74) is 2.88. The van der Waals surface area contributed by atoms with E-state index in [4.69, 9.17) is 0 Å². The van der Waals surface area contributed by atoms with E-state index in [2.05, 4.69) is 27.2 Å². The maximum Gasteiger partial charge on any atom is 0.128 e. The van der Waals surface area contributed by atoms with E-state index in [9.17, 15) is 0 Å². The second-order valence-electron chi connectivity index (χ2n) is 4.69. The summed E-state index contributed by atoms with van der Waals surface area (Å²) < 4.78 is 0. The molecule has 2 heterocycles. The van der Waals surface area contributed by atoms with Crippen molar-refractivity contribution >= 4 is 11.5 Å². The molecule has 2 aromatic rings. The van der Waals surface area contributed by atoms with Gasteiger partial charge in [0, 0.05) is 26.5 Å². The van der Waals surface area contributed by atoms with E-state index < -0.39 is 0 Å². The van der Waals surface area contributed by atoms with E-state index in [0.29, 0.717) is 0 Å². The minimum atomic E-state index is 0.0979. The third-order valence-corrected chi connectivity index (χ3v) is 2.92. The van der Waals surface area contributed by atoms with Gasteiger partial charge in [0.2, 0.25) is 0 Å². The molecule has 1 atom stereocenters. The third kappa shape index (κ3) is 3.19. The van der Waals surface area contributed by atoms with E-state index in [0.717, 1.165) is 22.9 Å². The minimum absolute atomic E-state index is 0.0979. The fourth-order valence-electron chi connectivity index (χ4n) is 1.90. The predicted octanol–water partition coefficient (Wildman–Crippen LogP) is 2.42. The van der Waals surface area contributed by atoms with E-state index in [-0.39, 0.29) is 6.04 Å². The summed E-state index contributed by atoms with van der Waals surface area (Å²) in [7, 11) is 3.95. The molecule has 5 heteroatoms. The zero-order chi connectivity index (χ0) is 13.8. The molecule has 100 valence electrons. The van der Waals surface area contributed by atoms with Gasteiger partial charge in [-0.05, 0) is 26.0 Å². The van der Waals surface area contributed by atoms with Crippen molar-refractivity contribution in [3.05, 3.63) is 42.1 Å². The van der Waals surface area contributed by atoms with Crippen LogP contribution in [0.3, 0.4) is 0 Å². The lowest BCUT2D eigenvalue weighted by molar-refractivity contribution is 0.809. The number of pyridine rings is 1. The average Bonchev–Trinajstić information content (AvgIpc) is 2.39. The summed E-state index contributed by atoms with van der Waals surface area (Å²) >= 11 is 0. The highest BCUT2D eigenvalue weighted by Crippen LogP contribution is 2.19. The Morgan fingerprint density at radius 2 is 1.84 bits per heavy atom. The molecule has 0 aliphatic carbocycles. The zero-order valence-electron chi connectivity index (χ0n) is 11.8. The first-order valence-corrected chi connectivity index (χ1v) is 6.25. The molecule has 0 aliphatic rings. The summed E-state index contributed by atoms with van der Waals surface area (Å²) in [5, 5.41) is 3.38. The Morgan fingerprint density at radius 1 is 1.11 bits per heavy atom. The molecular formula is C14H19N5. The molecule has 5 nitrogen and oxygen atoms in total. The second-order valence-corrected chi connectivity index (χ2v) is 4.69. The zero-order valence-corrected chi connectivity index (χ0v) is 11.8. The summed E-state index contributed by atoms with van der Waals surface area (Å²) in [6.45, 7) is 4.03. The average molecular weight is 257 g/mol. The highest BCUT2D eigenvalue weighted by molar-refractivity contribution is 5.49. The van der Waals surface area contributed by atoms with E-state index >= 15 is 0 Å². The first-order valence-electron chi connectivity index (χ1n) is 6.25. The SMILES string of the molecule is Cc1nccnc1C(C)Nc1ccc(N(C)C)nc1. The van der Waals surface area contributed by atoms with Crippen molar-refractivity contribution in [2.45, 2.75) is 19.9 Å². The number of aryl methyl sites for hydroxylation is 1. The van der Waals surface area contributed by atoms with Gasteiger partial charge in [0.1, 0.15) is 5.82 Å². The number of nitrogens with zero attached hydrogens (tertiary/aromatic N) is 4. The number of rotatable bonds is 4. The van der Waals surface area contributed by atoms with E-state index in [1.807, 2.05) is 44.2 Å². The molecule has 0 fully saturated rings. The van der Waals surface area contributed by atoms with Gasteiger partial charge >= 0.3 is 0 Å². The van der Waals surface area contributed by atoms with Crippen molar-refractivity contribution < 1.29 is 0 Å². The van der Waals surface area contributed by atoms with Crippen LogP contribution in [-0.4, -0.2) is 29.0 Å². The highest BCUT2D eigenvalue weighted by atomic mass is 15.1. The molecule has 1 unspecified atom stereocenters. The third-order valence-electron chi connectivity index (χ3n) is 2.92. The van der Waals surface area contributed by atoms with Gasteiger partial charge in [0.25, 0.3) is 0 Å². The van der Waals surface area contributed by atoms with Crippen LogP contribution in [0, 0.1) is 6.92 Å². The second kappa shape index (κ2) is 5.65. The van der Waals surface area contributed by atoms with Gasteiger partial charge in [0.15, 0.2) is 0 Å². The summed E-state index contributed by atoms with van der Waals surface area (Å²) in [6, 6.07) is 4.10. The fraction of sp³-hybridized carbons (Fsp3) is 0.357. The molecule has 0 aliphatic heterocycles. The Hall–Kier alpha value is -2.17. The lowest BCUT2D eigenvalue weighted by Crippen LogP contribution is -2.13. The smallest absolute Gasteiger partial charge is 0.128 e. The van der Waals surface area contributed by atoms with Gasteiger partial charge in [-0.15, -0.1) is 0 Å². The molecule has 0 saturated carbocycles. The van der Waals surface area contributed by atoms with Crippen molar-refractivity contribution in [3.8, 4) is 0 Å². The van der Waals surface area contributed by atoms with Crippen LogP contribution in [0.5, 0.6) is 0 Å². The maximum atomic E-state index is 4.37. The van der Waals surface area contributed by atoms with Crippen LogP contribution in [0.4, 0.5) is 11.5 Å². The quantitative estimate of drug-likeness (QED) is 0.911. The van der Waals surface area contributed by atoms with Crippen molar-refractivity contribution in [3.63, 3.8) is 0 Å². The predicted molar refractivity (Wildman–Crippen MR) is 77.4 cm³/mol. The van der Waals surface area contributed by atoms with Crippen LogP contribution in [0.1, 0.15) is 24.4 Å². The Morgan fingerprint density at radius 3 is 2.42 bits per heavy atom. The molecule has 19 heavy (non-hydrogen) atoms. The van der Waals surface area contributed by atoms with Gasteiger partial charge in [-0.1, -0.05) is 0 Å². The largest absolute Gasteiger partial charge is 0.376 e. The van der Waals surface area contributed by atoms with Crippen LogP contribution in [-0.2, 0) is 0 Å². The van der Waals surface area contributed by atoms with E-state index in [1.54, 1.807) is 12.4 Å². The molecule has 2 aromatic heterocycles. The number of hydrogen-bond acceptors (Lipinski definition) is 5. The van der Waals surface area contributed by atoms with Gasteiger partial charge in [-0.25, -0.2) is 4.98 Å². The Balaban J connectivity index is 2.11. The first kappa shape index (κ1) is 13.3. The molecule has 0 radical (unpaired) electrons. The van der Waals surface area contributed by atoms with Gasteiger partial charge in [0.05, 0.1) is 29.3 Å². The minimum Gasteiger partial charge on any atom is -0.376 e. The van der Waals surface area contributed by atoms with Crippen molar-refractivity contribution in [2.75, 3.05) is 24.3 Å². The summed E-state index contributed by atoms with van der Waals surface area (Å²) in [4.78, 5) is 15.0. The number of nitrogens with one attached hydrogen (secondary N) is 1. The van der Waals surface area contributed by atoms with Crippen LogP contribution in [0.25, 0.3) is 0 Å². The summed E-state index contributed by atoms with van der Waals surface area (Å²) in [6.07, 6.45) is 5.25. The lowest BCUT2D eigenvalue weighted by Gasteiger charge is -2.17. The highest BCUT2D eigenvalue weighted by Gasteiger charge is 2.10. The molecular weight excluding hydrogens is 238 g/mol. The van der Waals surface area contributed by atoms with Gasteiger partial charge < -0.3 is 10.2 Å². The molecule has 0 spiro atoms. The first-order chi connectivity index (χ1) is 9.08.